The summed E-state index contributed by atoms with van der Waals surface area (Å²) < 4.78 is 0. The summed E-state index contributed by atoms with van der Waals surface area (Å²) >= 11 is 1.78. The maximum absolute atomic E-state index is 11.9. The molecule has 1 fully saturated rings. The summed E-state index contributed by atoms with van der Waals surface area (Å²) in [5, 5.41) is 2.61. The van der Waals surface area contributed by atoms with Gasteiger partial charge in [-0.2, -0.15) is 11.8 Å². The largest absolute Gasteiger partial charge is 0.370 e. The first kappa shape index (κ1) is 9.83. The zero-order chi connectivity index (χ0) is 10.4. The predicted octanol–water partition coefficient (Wildman–Crippen LogP) is 0.333. The molecule has 78 valence electrons. The number of carbonyl (C=O) groups excluding carboxylic acids is 1. The Labute approximate surface area is 87.7 Å². The first-order valence-corrected chi connectivity index (χ1v) is 5.88. The Morgan fingerprint density at radius 1 is 1.57 bits per heavy atom. The van der Waals surface area contributed by atoms with Gasteiger partial charge in [-0.05, 0) is 12.2 Å². The van der Waals surface area contributed by atoms with Gasteiger partial charge in [-0.15, -0.1) is 0 Å². The van der Waals surface area contributed by atoms with E-state index in [1.807, 2.05) is 0 Å². The summed E-state index contributed by atoms with van der Waals surface area (Å²) in [6.07, 6.45) is 1.00. The van der Waals surface area contributed by atoms with E-state index in [1.165, 1.54) is 0 Å². The second-order valence-electron chi connectivity index (χ2n) is 4.50. The highest BCUT2D eigenvalue weighted by Gasteiger charge is 2.55. The molecular weight excluding hydrogens is 198 g/mol. The number of aliphatic imine (C=N–C) groups is 1. The van der Waals surface area contributed by atoms with E-state index in [0.717, 1.165) is 17.9 Å². The van der Waals surface area contributed by atoms with E-state index >= 15 is 0 Å². The number of nitrogens with zero attached hydrogens (tertiary/aromatic N) is 1. The summed E-state index contributed by atoms with van der Waals surface area (Å²) in [4.78, 5) is 16.2. The number of hydrogen-bond acceptors (Lipinski definition) is 4. The van der Waals surface area contributed by atoms with Crippen LogP contribution in [0.25, 0.3) is 0 Å². The molecule has 1 spiro atoms. The lowest BCUT2D eigenvalue weighted by Gasteiger charge is -2.42. The molecule has 1 saturated heterocycles. The molecule has 2 aliphatic rings. The molecule has 0 aromatic carbocycles. The fourth-order valence-electron chi connectivity index (χ4n) is 2.01. The molecular formula is C9H15N3OS. The number of amides is 1. The summed E-state index contributed by atoms with van der Waals surface area (Å²) in [5.41, 5.74) is 4.84. The van der Waals surface area contributed by atoms with Crippen molar-refractivity contribution in [1.82, 2.24) is 5.32 Å². The molecule has 1 atom stereocenters. The topological polar surface area (TPSA) is 67.5 Å². The Bertz CT molecular complexity index is 313. The van der Waals surface area contributed by atoms with Crippen LogP contribution in [-0.4, -0.2) is 28.9 Å². The fourth-order valence-corrected chi connectivity index (χ4v) is 3.69. The van der Waals surface area contributed by atoms with Crippen LogP contribution in [0.5, 0.6) is 0 Å². The van der Waals surface area contributed by atoms with Gasteiger partial charge >= 0.3 is 0 Å². The van der Waals surface area contributed by atoms with E-state index in [4.69, 9.17) is 5.73 Å². The minimum Gasteiger partial charge on any atom is -0.370 e. The zero-order valence-corrected chi connectivity index (χ0v) is 9.28. The first-order chi connectivity index (χ1) is 6.48. The molecule has 5 heteroatoms. The molecule has 2 aliphatic heterocycles. The van der Waals surface area contributed by atoms with Crippen molar-refractivity contribution in [1.29, 1.82) is 0 Å². The van der Waals surface area contributed by atoms with Crippen LogP contribution in [0, 0.1) is 5.41 Å². The van der Waals surface area contributed by atoms with Gasteiger partial charge in [-0.1, -0.05) is 13.8 Å². The third-order valence-corrected chi connectivity index (χ3v) is 4.35. The maximum atomic E-state index is 11.9. The van der Waals surface area contributed by atoms with E-state index in [0.29, 0.717) is 0 Å². The Morgan fingerprint density at radius 3 is 2.79 bits per heavy atom. The number of hydrogen-bond donors (Lipinski definition) is 2. The molecule has 0 saturated carbocycles. The molecule has 0 aromatic heterocycles. The van der Waals surface area contributed by atoms with Gasteiger partial charge in [-0.3, -0.25) is 10.1 Å². The molecule has 2 rings (SSSR count). The predicted molar refractivity (Wildman–Crippen MR) is 58.2 cm³/mol. The quantitative estimate of drug-likeness (QED) is 0.609. The smallest absolute Gasteiger partial charge is 0.256 e. The van der Waals surface area contributed by atoms with Gasteiger partial charge in [0.15, 0.2) is 11.5 Å². The zero-order valence-electron chi connectivity index (χ0n) is 8.46. The first-order valence-electron chi connectivity index (χ1n) is 4.72. The fraction of sp³-hybridized carbons (Fsp3) is 0.778. The van der Waals surface area contributed by atoms with Crippen molar-refractivity contribution < 1.29 is 4.79 Å². The van der Waals surface area contributed by atoms with Crippen LogP contribution < -0.4 is 11.1 Å². The lowest BCUT2D eigenvalue weighted by Crippen LogP contribution is -2.55. The normalized spacial score (nSPS) is 35.6. The van der Waals surface area contributed by atoms with Crippen LogP contribution in [0.4, 0.5) is 0 Å². The summed E-state index contributed by atoms with van der Waals surface area (Å²) in [6, 6.07) is 0. The maximum Gasteiger partial charge on any atom is 0.256 e. The number of guanidine groups is 1. The van der Waals surface area contributed by atoms with Gasteiger partial charge in [0.25, 0.3) is 5.91 Å². The van der Waals surface area contributed by atoms with Crippen LogP contribution >= 0.6 is 11.8 Å². The molecule has 1 amide bonds. The van der Waals surface area contributed by atoms with Gasteiger partial charge in [-0.25, -0.2) is 4.99 Å². The Kier molecular flexibility index (Phi) is 2.03. The highest BCUT2D eigenvalue weighted by Crippen LogP contribution is 2.46. The monoisotopic (exact) mass is 213 g/mol. The SMILES string of the molecule is CC1(C)CCSCC12N=C(N)NC2=O. The number of rotatable bonds is 0. The summed E-state index contributed by atoms with van der Waals surface area (Å²) in [7, 11) is 0. The van der Waals surface area contributed by atoms with Gasteiger partial charge in [0, 0.05) is 11.2 Å². The number of carbonyl (C=O) groups is 1. The number of nitrogens with two attached hydrogens (primary N) is 1. The molecule has 4 nitrogen and oxygen atoms in total. The third kappa shape index (κ3) is 1.15. The number of nitrogens with one attached hydrogen (secondary N) is 1. The average molecular weight is 213 g/mol. The minimum atomic E-state index is -0.625. The van der Waals surface area contributed by atoms with E-state index < -0.39 is 5.54 Å². The average Bonchev–Trinajstić information content (AvgIpc) is 2.35. The Balaban J connectivity index is 2.42. The summed E-state index contributed by atoms with van der Waals surface area (Å²) in [6.45, 7) is 4.18. The Hall–Kier alpha value is -0.710. The van der Waals surface area contributed by atoms with Gasteiger partial charge < -0.3 is 5.73 Å². The minimum absolute atomic E-state index is 0.0350. The van der Waals surface area contributed by atoms with Crippen LogP contribution in [0.1, 0.15) is 20.3 Å². The van der Waals surface area contributed by atoms with Gasteiger partial charge in [0.05, 0.1) is 0 Å². The van der Waals surface area contributed by atoms with Crippen molar-refractivity contribution in [2.45, 2.75) is 25.8 Å². The molecule has 0 bridgehead atoms. The van der Waals surface area contributed by atoms with Crippen molar-refractivity contribution in [2.75, 3.05) is 11.5 Å². The molecule has 14 heavy (non-hydrogen) atoms. The van der Waals surface area contributed by atoms with Crippen LogP contribution in [-0.2, 0) is 4.79 Å². The van der Waals surface area contributed by atoms with E-state index in [9.17, 15) is 4.79 Å². The molecule has 0 aliphatic carbocycles. The van der Waals surface area contributed by atoms with Crippen molar-refractivity contribution in [3.8, 4) is 0 Å². The highest BCUT2D eigenvalue weighted by atomic mass is 32.2. The summed E-state index contributed by atoms with van der Waals surface area (Å²) in [5.74, 6) is 2.07. The molecule has 0 radical (unpaired) electrons. The molecule has 2 heterocycles. The van der Waals surface area contributed by atoms with Gasteiger partial charge in [0.2, 0.25) is 0 Å². The Morgan fingerprint density at radius 2 is 2.29 bits per heavy atom. The van der Waals surface area contributed by atoms with E-state index in [-0.39, 0.29) is 17.3 Å². The third-order valence-electron chi connectivity index (χ3n) is 3.23. The van der Waals surface area contributed by atoms with Crippen molar-refractivity contribution in [3.63, 3.8) is 0 Å². The van der Waals surface area contributed by atoms with Crippen molar-refractivity contribution in [2.24, 2.45) is 16.1 Å². The second kappa shape index (κ2) is 2.89. The lowest BCUT2D eigenvalue weighted by atomic mass is 9.71. The standard InChI is InChI=1S/C9H15N3OS/c1-8(2)3-4-14-5-9(8)6(13)11-7(10)12-9/h3-5H2,1-2H3,(H3,10,11,12,13). The lowest BCUT2D eigenvalue weighted by molar-refractivity contribution is -0.126. The van der Waals surface area contributed by atoms with E-state index in [1.54, 1.807) is 11.8 Å². The number of thioether (sulfide) groups is 1. The van der Waals surface area contributed by atoms with Crippen molar-refractivity contribution in [3.05, 3.63) is 0 Å². The highest BCUT2D eigenvalue weighted by molar-refractivity contribution is 7.99. The van der Waals surface area contributed by atoms with Crippen LogP contribution in [0.3, 0.4) is 0 Å². The second-order valence-corrected chi connectivity index (χ2v) is 5.60. The van der Waals surface area contributed by atoms with Gasteiger partial charge in [0.1, 0.15) is 0 Å². The van der Waals surface area contributed by atoms with E-state index in [2.05, 4.69) is 24.2 Å². The molecule has 1 unspecified atom stereocenters. The molecule has 3 N–H and O–H groups in total. The van der Waals surface area contributed by atoms with Crippen molar-refractivity contribution >= 4 is 23.6 Å². The van der Waals surface area contributed by atoms with Crippen LogP contribution in [0.15, 0.2) is 4.99 Å². The molecule has 0 aromatic rings. The van der Waals surface area contributed by atoms with Crippen LogP contribution in [0.2, 0.25) is 0 Å².